The maximum absolute atomic E-state index is 11.9. The molecule has 2 aromatic rings. The molecule has 0 amide bonds. The molecule has 6 heteroatoms. The van der Waals surface area contributed by atoms with Gasteiger partial charge in [0.05, 0.1) is 25.1 Å². The summed E-state index contributed by atoms with van der Waals surface area (Å²) in [5.74, 6) is -0.0914. The monoisotopic (exact) mass is 290 g/mol. The molecule has 0 aliphatic carbocycles. The predicted octanol–water partition coefficient (Wildman–Crippen LogP) is 2.46. The minimum Gasteiger partial charge on any atom is -0.504 e. The van der Waals surface area contributed by atoms with Crippen LogP contribution in [0.2, 0.25) is 0 Å². The van der Waals surface area contributed by atoms with Crippen molar-refractivity contribution in [3.05, 3.63) is 29.5 Å². The van der Waals surface area contributed by atoms with Gasteiger partial charge in [-0.2, -0.15) is 0 Å². The van der Waals surface area contributed by atoms with Crippen molar-refractivity contribution < 1.29 is 19.4 Å². The quantitative estimate of drug-likeness (QED) is 0.751. The Balaban J connectivity index is 2.51. The number of methoxy groups -OCH3 is 1. The van der Waals surface area contributed by atoms with Crippen LogP contribution in [0.1, 0.15) is 23.0 Å². The van der Waals surface area contributed by atoms with Crippen LogP contribution in [-0.2, 0) is 4.74 Å². The number of phenolic OH excluding ortho intramolecular Hbond substituents is 1. The van der Waals surface area contributed by atoms with Crippen LogP contribution in [0.3, 0.4) is 0 Å². The lowest BCUT2D eigenvalue weighted by Gasteiger charge is -2.07. The topological polar surface area (TPSA) is 97.6 Å². The normalized spacial score (nSPS) is 10.4. The van der Waals surface area contributed by atoms with E-state index in [1.165, 1.54) is 13.2 Å². The van der Waals surface area contributed by atoms with E-state index in [1.54, 1.807) is 26.0 Å². The Morgan fingerprint density at radius 3 is 2.76 bits per heavy atom. The summed E-state index contributed by atoms with van der Waals surface area (Å²) in [5.41, 5.74) is 8.65. The molecule has 4 N–H and O–H groups in total. The lowest BCUT2D eigenvalue weighted by atomic mass is 10.1. The molecule has 0 bridgehead atoms. The molecule has 6 nitrogen and oxygen atoms in total. The minimum atomic E-state index is -0.458. The summed E-state index contributed by atoms with van der Waals surface area (Å²) < 4.78 is 10.1. The van der Waals surface area contributed by atoms with Crippen LogP contribution in [0, 0.1) is 6.92 Å². The van der Waals surface area contributed by atoms with Crippen LogP contribution < -0.4 is 10.5 Å². The molecule has 0 unspecified atom stereocenters. The van der Waals surface area contributed by atoms with E-state index in [1.807, 2.05) is 0 Å². The minimum absolute atomic E-state index is 0.0358. The third kappa shape index (κ3) is 2.65. The summed E-state index contributed by atoms with van der Waals surface area (Å²) in [6.45, 7) is 3.77. The number of aromatic hydroxyl groups is 1. The molecule has 1 aromatic heterocycles. The second kappa shape index (κ2) is 5.78. The Morgan fingerprint density at radius 2 is 2.14 bits per heavy atom. The number of hydrogen-bond donors (Lipinski definition) is 3. The standard InChI is InChI=1S/C15H18N2O4/c1-4-21-15(19)12-8(2)17-14(13(12)16)9-5-6-10(18)11(7-9)20-3/h5-7,17-18H,4,16H2,1-3H3. The van der Waals surface area contributed by atoms with Gasteiger partial charge in [0.15, 0.2) is 11.5 Å². The molecule has 112 valence electrons. The van der Waals surface area contributed by atoms with Crippen molar-refractivity contribution in [1.29, 1.82) is 0 Å². The van der Waals surface area contributed by atoms with Crippen LogP contribution in [0.4, 0.5) is 5.69 Å². The van der Waals surface area contributed by atoms with E-state index in [0.717, 1.165) is 0 Å². The number of carbonyl (C=O) groups excluding carboxylic acids is 1. The molecule has 2 rings (SSSR count). The van der Waals surface area contributed by atoms with Gasteiger partial charge in [0, 0.05) is 11.3 Å². The van der Waals surface area contributed by atoms with E-state index < -0.39 is 5.97 Å². The lowest BCUT2D eigenvalue weighted by Crippen LogP contribution is -2.07. The largest absolute Gasteiger partial charge is 0.504 e. The van der Waals surface area contributed by atoms with Crippen molar-refractivity contribution in [2.45, 2.75) is 13.8 Å². The first kappa shape index (κ1) is 14.8. The number of ether oxygens (including phenoxy) is 2. The molecule has 1 aromatic carbocycles. The number of nitrogen functional groups attached to an aromatic ring is 1. The first-order chi connectivity index (χ1) is 9.99. The number of aromatic nitrogens is 1. The molecule has 0 spiro atoms. The highest BCUT2D eigenvalue weighted by molar-refractivity contribution is 6.00. The average Bonchev–Trinajstić information content (AvgIpc) is 2.75. The number of H-pyrrole nitrogens is 1. The van der Waals surface area contributed by atoms with Gasteiger partial charge >= 0.3 is 5.97 Å². The fourth-order valence-electron chi connectivity index (χ4n) is 2.17. The zero-order valence-electron chi connectivity index (χ0n) is 12.2. The van der Waals surface area contributed by atoms with Gasteiger partial charge in [-0.05, 0) is 32.0 Å². The number of nitrogens with two attached hydrogens (primary N) is 1. The third-order valence-electron chi connectivity index (χ3n) is 3.17. The molecule has 0 saturated carbocycles. The van der Waals surface area contributed by atoms with Gasteiger partial charge in [0.1, 0.15) is 5.56 Å². The Morgan fingerprint density at radius 1 is 1.43 bits per heavy atom. The van der Waals surface area contributed by atoms with E-state index in [9.17, 15) is 9.90 Å². The second-order valence-corrected chi connectivity index (χ2v) is 4.52. The number of carbonyl (C=O) groups is 1. The van der Waals surface area contributed by atoms with Crippen molar-refractivity contribution >= 4 is 11.7 Å². The summed E-state index contributed by atoms with van der Waals surface area (Å²) in [7, 11) is 1.46. The summed E-state index contributed by atoms with van der Waals surface area (Å²) >= 11 is 0. The van der Waals surface area contributed by atoms with Gasteiger partial charge in [-0.3, -0.25) is 0 Å². The van der Waals surface area contributed by atoms with E-state index in [4.69, 9.17) is 15.2 Å². The van der Waals surface area contributed by atoms with Crippen molar-refractivity contribution in [2.24, 2.45) is 0 Å². The molecule has 21 heavy (non-hydrogen) atoms. The first-order valence-corrected chi connectivity index (χ1v) is 6.52. The Labute approximate surface area is 122 Å². The number of benzene rings is 1. The summed E-state index contributed by atoms with van der Waals surface area (Å²) in [5, 5.41) is 9.63. The fourth-order valence-corrected chi connectivity index (χ4v) is 2.17. The first-order valence-electron chi connectivity index (χ1n) is 6.52. The van der Waals surface area contributed by atoms with Gasteiger partial charge < -0.3 is 25.3 Å². The van der Waals surface area contributed by atoms with Crippen LogP contribution in [0.5, 0.6) is 11.5 Å². The van der Waals surface area contributed by atoms with E-state index >= 15 is 0 Å². The van der Waals surface area contributed by atoms with Crippen molar-refractivity contribution in [2.75, 3.05) is 19.5 Å². The Bertz CT molecular complexity index is 677. The fraction of sp³-hybridized carbons (Fsp3) is 0.267. The summed E-state index contributed by atoms with van der Waals surface area (Å²) in [6, 6.07) is 4.84. The number of aromatic amines is 1. The van der Waals surface area contributed by atoms with Crippen LogP contribution in [0.15, 0.2) is 18.2 Å². The maximum Gasteiger partial charge on any atom is 0.342 e. The number of phenols is 1. The zero-order chi connectivity index (χ0) is 15.6. The smallest absolute Gasteiger partial charge is 0.342 e. The van der Waals surface area contributed by atoms with Gasteiger partial charge in [-0.15, -0.1) is 0 Å². The molecule has 0 atom stereocenters. The molecular weight excluding hydrogens is 272 g/mol. The number of hydrogen-bond acceptors (Lipinski definition) is 5. The summed E-state index contributed by atoms with van der Waals surface area (Å²) in [6.07, 6.45) is 0. The van der Waals surface area contributed by atoms with Gasteiger partial charge in [0.2, 0.25) is 0 Å². The van der Waals surface area contributed by atoms with Gasteiger partial charge in [0.25, 0.3) is 0 Å². The average molecular weight is 290 g/mol. The number of aryl methyl sites for hydroxylation is 1. The summed E-state index contributed by atoms with van der Waals surface area (Å²) in [4.78, 5) is 15.0. The number of nitrogens with one attached hydrogen (secondary N) is 1. The number of rotatable bonds is 4. The highest BCUT2D eigenvalue weighted by atomic mass is 16.5. The van der Waals surface area contributed by atoms with E-state index in [-0.39, 0.29) is 12.4 Å². The lowest BCUT2D eigenvalue weighted by molar-refractivity contribution is 0.0527. The van der Waals surface area contributed by atoms with Gasteiger partial charge in [-0.25, -0.2) is 4.79 Å². The zero-order valence-corrected chi connectivity index (χ0v) is 12.2. The molecule has 0 aliphatic rings. The molecule has 0 fully saturated rings. The number of esters is 1. The third-order valence-corrected chi connectivity index (χ3v) is 3.17. The highest BCUT2D eigenvalue weighted by Crippen LogP contribution is 2.35. The Kier molecular flexibility index (Phi) is 4.07. The van der Waals surface area contributed by atoms with E-state index in [0.29, 0.717) is 34.0 Å². The molecule has 1 heterocycles. The van der Waals surface area contributed by atoms with Crippen molar-refractivity contribution in [1.82, 2.24) is 4.98 Å². The maximum atomic E-state index is 11.9. The molecule has 0 radical (unpaired) electrons. The van der Waals surface area contributed by atoms with Crippen molar-refractivity contribution in [3.8, 4) is 22.8 Å². The highest BCUT2D eigenvalue weighted by Gasteiger charge is 2.21. The molecular formula is C15H18N2O4. The molecule has 0 aliphatic heterocycles. The second-order valence-electron chi connectivity index (χ2n) is 4.52. The van der Waals surface area contributed by atoms with E-state index in [2.05, 4.69) is 4.98 Å². The number of anilines is 1. The van der Waals surface area contributed by atoms with Crippen LogP contribution in [-0.4, -0.2) is 29.8 Å². The Hall–Kier alpha value is -2.63. The van der Waals surface area contributed by atoms with Crippen LogP contribution >= 0.6 is 0 Å². The van der Waals surface area contributed by atoms with Gasteiger partial charge in [-0.1, -0.05) is 0 Å². The van der Waals surface area contributed by atoms with Crippen molar-refractivity contribution in [3.63, 3.8) is 0 Å². The SMILES string of the molecule is CCOC(=O)c1c(C)[nH]c(-c2ccc(O)c(OC)c2)c1N. The molecule has 0 saturated heterocycles. The predicted molar refractivity (Wildman–Crippen MR) is 79.6 cm³/mol. The van der Waals surface area contributed by atoms with Crippen LogP contribution in [0.25, 0.3) is 11.3 Å².